The summed E-state index contributed by atoms with van der Waals surface area (Å²) in [6.07, 6.45) is -10.4. The Labute approximate surface area is 234 Å². The molecule has 0 amide bonds. The summed E-state index contributed by atoms with van der Waals surface area (Å²) in [5.74, 6) is -3.99. The number of benzene rings is 3. The van der Waals surface area contributed by atoms with E-state index in [2.05, 4.69) is 20.5 Å². The van der Waals surface area contributed by atoms with Crippen LogP contribution in [-0.2, 0) is 24.2 Å². The van der Waals surface area contributed by atoms with Crippen LogP contribution in [-0.4, -0.2) is 31.5 Å². The maximum Gasteiger partial charge on any atom is 0.458 e. The normalized spacial score (nSPS) is 16.8. The van der Waals surface area contributed by atoms with E-state index in [9.17, 15) is 35.1 Å². The summed E-state index contributed by atoms with van der Waals surface area (Å²) < 4.78 is 116. The number of rotatable bonds is 12. The van der Waals surface area contributed by atoms with Gasteiger partial charge in [0.05, 0.1) is 19.6 Å². The summed E-state index contributed by atoms with van der Waals surface area (Å²) in [6, 6.07) is 18.6. The monoisotopic (exact) mass is 598 g/mol. The predicted molar refractivity (Wildman–Crippen MR) is 132 cm³/mol. The first-order valence-electron chi connectivity index (χ1n) is 12.7. The molecule has 3 aromatic carbocycles. The van der Waals surface area contributed by atoms with E-state index >= 15 is 0 Å². The van der Waals surface area contributed by atoms with Crippen molar-refractivity contribution in [1.82, 2.24) is 0 Å². The van der Waals surface area contributed by atoms with Gasteiger partial charge in [-0.05, 0) is 35.4 Å². The van der Waals surface area contributed by atoms with Gasteiger partial charge in [0.1, 0.15) is 11.5 Å². The topological polar surface area (TPSA) is 67.9 Å². The lowest BCUT2D eigenvalue weighted by atomic mass is 9.95. The van der Waals surface area contributed by atoms with E-state index in [4.69, 9.17) is 9.47 Å². The van der Waals surface area contributed by atoms with Crippen molar-refractivity contribution in [2.45, 2.75) is 48.9 Å². The summed E-state index contributed by atoms with van der Waals surface area (Å²) in [4.78, 5) is 0. The molecule has 0 fully saturated rings. The summed E-state index contributed by atoms with van der Waals surface area (Å²) in [7, 11) is 0. The van der Waals surface area contributed by atoms with Crippen LogP contribution in [0.15, 0.2) is 93.3 Å². The molecule has 0 spiro atoms. The molecule has 14 heteroatoms. The Kier molecular flexibility index (Phi) is 7.44. The molecule has 0 N–H and O–H groups in total. The Balaban J connectivity index is 1.04. The lowest BCUT2D eigenvalue weighted by Gasteiger charge is -2.25. The third kappa shape index (κ3) is 6.21. The van der Waals surface area contributed by atoms with Gasteiger partial charge in [0.15, 0.2) is 0 Å². The molecule has 6 nitrogen and oxygen atoms in total. The van der Waals surface area contributed by atoms with Crippen molar-refractivity contribution in [3.63, 3.8) is 0 Å². The zero-order chi connectivity index (χ0) is 30.2. The summed E-state index contributed by atoms with van der Waals surface area (Å²) in [5.41, 5.74) is -2.87. The van der Waals surface area contributed by atoms with E-state index in [1.165, 1.54) is 12.1 Å². The van der Waals surface area contributed by atoms with Gasteiger partial charge in [-0.25, -0.2) is 0 Å². The number of hydrogen-bond acceptors (Lipinski definition) is 6. The Bertz CT molecular complexity index is 1440. The van der Waals surface area contributed by atoms with E-state index in [-0.39, 0.29) is 12.2 Å². The third-order valence-electron chi connectivity index (χ3n) is 6.80. The fraction of sp³-hybridized carbons (Fsp3) is 0.357. The maximum atomic E-state index is 13.8. The van der Waals surface area contributed by atoms with E-state index in [1.807, 2.05) is 0 Å². The van der Waals surface area contributed by atoms with Gasteiger partial charge in [-0.15, -0.1) is 10.2 Å². The number of halogens is 8. The molecule has 0 atom stereocenters. The van der Waals surface area contributed by atoms with Crippen molar-refractivity contribution in [3.8, 4) is 11.5 Å². The fourth-order valence-electron chi connectivity index (χ4n) is 4.35. The maximum absolute atomic E-state index is 13.8. The van der Waals surface area contributed by atoms with Gasteiger partial charge < -0.3 is 9.47 Å². The highest BCUT2D eigenvalue weighted by Gasteiger charge is 2.76. The second-order valence-electron chi connectivity index (χ2n) is 9.82. The minimum absolute atomic E-state index is 0.221. The number of nitrogens with zero attached hydrogens (tertiary/aromatic N) is 4. The van der Waals surface area contributed by atoms with Gasteiger partial charge in [0, 0.05) is 24.0 Å². The van der Waals surface area contributed by atoms with Crippen molar-refractivity contribution in [2.24, 2.45) is 20.5 Å². The van der Waals surface area contributed by atoms with Crippen LogP contribution in [0.2, 0.25) is 0 Å². The molecular weight excluding hydrogens is 576 g/mol. The largest absolute Gasteiger partial charge is 0.493 e. The minimum Gasteiger partial charge on any atom is -0.493 e. The van der Waals surface area contributed by atoms with E-state index in [0.29, 0.717) is 42.1 Å². The molecule has 3 aromatic rings. The molecule has 0 aliphatic carbocycles. The Morgan fingerprint density at radius 2 is 0.976 bits per heavy atom. The van der Waals surface area contributed by atoms with Crippen molar-refractivity contribution in [2.75, 3.05) is 13.2 Å². The Morgan fingerprint density at radius 3 is 1.33 bits per heavy atom. The quantitative estimate of drug-likeness (QED) is 0.197. The molecule has 0 aromatic heterocycles. The highest BCUT2D eigenvalue weighted by molar-refractivity contribution is 5.35. The molecule has 222 valence electrons. The van der Waals surface area contributed by atoms with Crippen LogP contribution in [0.5, 0.6) is 11.5 Å². The van der Waals surface area contributed by atoms with Gasteiger partial charge in [0.2, 0.25) is 5.66 Å². The summed E-state index contributed by atoms with van der Waals surface area (Å²) in [5, 5.41) is 13.2. The molecule has 0 unspecified atom stereocenters. The highest BCUT2D eigenvalue weighted by atomic mass is 19.4. The fourth-order valence-corrected chi connectivity index (χ4v) is 4.35. The average molecular weight is 598 g/mol. The Hall–Kier alpha value is -4.10. The van der Waals surface area contributed by atoms with Crippen molar-refractivity contribution in [3.05, 3.63) is 95.1 Å². The number of alkyl halides is 8. The van der Waals surface area contributed by atoms with Crippen LogP contribution < -0.4 is 9.47 Å². The SMILES string of the molecule is FC(F)(F)CC1(c2ccc(CCOc3ccc(OCCc4ccc(C5(C(F)(F)C(F)(F)F)N=N5)cc4)cc3)cc2)N=N1. The molecule has 0 saturated heterocycles. The third-order valence-corrected chi connectivity index (χ3v) is 6.80. The van der Waals surface area contributed by atoms with Crippen LogP contribution in [0.4, 0.5) is 35.1 Å². The lowest BCUT2D eigenvalue weighted by Crippen LogP contribution is -2.48. The second-order valence-corrected chi connectivity index (χ2v) is 9.82. The van der Waals surface area contributed by atoms with Gasteiger partial charge >= 0.3 is 18.3 Å². The lowest BCUT2D eigenvalue weighted by molar-refractivity contribution is -0.299. The molecule has 0 radical (unpaired) electrons. The first kappa shape index (κ1) is 29.4. The Morgan fingerprint density at radius 1 is 0.548 bits per heavy atom. The molecule has 2 heterocycles. The first-order chi connectivity index (χ1) is 19.7. The molecule has 2 aliphatic heterocycles. The van der Waals surface area contributed by atoms with E-state index < -0.39 is 36.0 Å². The molecule has 5 rings (SSSR count). The zero-order valence-corrected chi connectivity index (χ0v) is 21.6. The van der Waals surface area contributed by atoms with Gasteiger partial charge in [-0.1, -0.05) is 48.5 Å². The smallest absolute Gasteiger partial charge is 0.458 e. The molecule has 0 bridgehead atoms. The first-order valence-corrected chi connectivity index (χ1v) is 12.7. The van der Waals surface area contributed by atoms with Crippen molar-refractivity contribution in [1.29, 1.82) is 0 Å². The van der Waals surface area contributed by atoms with E-state index in [0.717, 1.165) is 17.7 Å². The van der Waals surface area contributed by atoms with E-state index in [1.54, 1.807) is 48.5 Å². The van der Waals surface area contributed by atoms with Crippen LogP contribution >= 0.6 is 0 Å². The summed E-state index contributed by atoms with van der Waals surface area (Å²) in [6.45, 7) is 0.549. The number of hydrogen-bond donors (Lipinski definition) is 0. The van der Waals surface area contributed by atoms with Gasteiger partial charge in [0.25, 0.3) is 5.66 Å². The van der Waals surface area contributed by atoms with Gasteiger partial charge in [-0.2, -0.15) is 45.4 Å². The summed E-state index contributed by atoms with van der Waals surface area (Å²) >= 11 is 0. The standard InChI is InChI=1S/C28H22F8N4O2/c29-25(30,31)17-24(37-38-24)20-5-1-18(2-6-20)13-15-41-22-9-11-23(12-10-22)42-16-14-19-3-7-21(8-4-19)26(39-40-26)27(32,33)28(34,35)36/h1-12H,13-17H2. The van der Waals surface area contributed by atoms with Crippen LogP contribution in [0.3, 0.4) is 0 Å². The van der Waals surface area contributed by atoms with Crippen molar-refractivity contribution >= 4 is 0 Å². The molecule has 0 saturated carbocycles. The zero-order valence-electron chi connectivity index (χ0n) is 21.6. The molecular formula is C28H22F8N4O2. The highest BCUT2D eigenvalue weighted by Crippen LogP contribution is 2.58. The predicted octanol–water partition coefficient (Wildman–Crippen LogP) is 8.32. The molecule has 2 aliphatic rings. The van der Waals surface area contributed by atoms with Crippen LogP contribution in [0, 0.1) is 0 Å². The average Bonchev–Trinajstić information content (AvgIpc) is 3.86. The van der Waals surface area contributed by atoms with Crippen LogP contribution in [0.25, 0.3) is 0 Å². The number of ether oxygens (including phenoxy) is 2. The van der Waals surface area contributed by atoms with Gasteiger partial charge in [-0.3, -0.25) is 0 Å². The van der Waals surface area contributed by atoms with Crippen LogP contribution in [0.1, 0.15) is 28.7 Å². The van der Waals surface area contributed by atoms with Crippen molar-refractivity contribution < 1.29 is 44.6 Å². The molecule has 42 heavy (non-hydrogen) atoms. The second kappa shape index (κ2) is 10.6. The minimum atomic E-state index is -5.78.